The molecule has 0 radical (unpaired) electrons. The maximum Gasteiger partial charge on any atom is 0.148 e. The highest BCUT2D eigenvalue weighted by Crippen LogP contribution is 2.30. The van der Waals surface area contributed by atoms with E-state index in [1.165, 1.54) is 11.1 Å². The van der Waals surface area contributed by atoms with Crippen LogP contribution in [0, 0.1) is 11.3 Å². The van der Waals surface area contributed by atoms with Crippen molar-refractivity contribution in [2.75, 3.05) is 11.4 Å². The first kappa shape index (κ1) is 15.5. The standard InChI is InChI=1S/C21H16N6/c22-9-15-5-6-17-21(25-13-24-17)20(15)18-10-23-11-19(26-18)27-8-7-14-3-1-2-4-16(14)12-27/h1-6,10-11,13H,7-8,12H2,(H,24,25). The summed E-state index contributed by atoms with van der Waals surface area (Å²) in [5.74, 6) is 0.818. The van der Waals surface area contributed by atoms with E-state index in [9.17, 15) is 5.26 Å². The molecule has 0 atom stereocenters. The molecule has 0 unspecified atom stereocenters. The molecule has 0 fully saturated rings. The Morgan fingerprint density at radius 3 is 2.85 bits per heavy atom. The molecule has 1 aliphatic rings. The molecule has 27 heavy (non-hydrogen) atoms. The number of nitrogens with zero attached hydrogens (tertiary/aromatic N) is 5. The molecule has 2 aromatic heterocycles. The largest absolute Gasteiger partial charge is 0.351 e. The minimum absolute atomic E-state index is 0.546. The average Bonchev–Trinajstić information content (AvgIpc) is 3.21. The van der Waals surface area contributed by atoms with Crippen molar-refractivity contribution in [3.05, 3.63) is 71.8 Å². The lowest BCUT2D eigenvalue weighted by Gasteiger charge is -2.29. The fraction of sp³-hybridized carbons (Fsp3) is 0.143. The molecule has 1 aliphatic heterocycles. The van der Waals surface area contributed by atoms with Crippen LogP contribution in [0.5, 0.6) is 0 Å². The molecule has 0 spiro atoms. The van der Waals surface area contributed by atoms with Crippen LogP contribution < -0.4 is 4.90 Å². The summed E-state index contributed by atoms with van der Waals surface area (Å²) in [5.41, 5.74) is 6.27. The molecule has 6 nitrogen and oxygen atoms in total. The number of benzene rings is 2. The molecule has 1 N–H and O–H groups in total. The van der Waals surface area contributed by atoms with Crippen LogP contribution in [0.25, 0.3) is 22.3 Å². The third-order valence-corrected chi connectivity index (χ3v) is 5.04. The van der Waals surface area contributed by atoms with Gasteiger partial charge in [0.1, 0.15) is 5.82 Å². The number of aromatic nitrogens is 4. The fourth-order valence-electron chi connectivity index (χ4n) is 3.68. The van der Waals surface area contributed by atoms with Crippen molar-refractivity contribution in [1.29, 1.82) is 5.26 Å². The molecule has 0 aliphatic carbocycles. The molecule has 0 bridgehead atoms. The highest BCUT2D eigenvalue weighted by atomic mass is 15.2. The van der Waals surface area contributed by atoms with Crippen molar-refractivity contribution in [1.82, 2.24) is 19.9 Å². The summed E-state index contributed by atoms with van der Waals surface area (Å²) in [6.07, 6.45) is 6.11. The summed E-state index contributed by atoms with van der Waals surface area (Å²) in [7, 11) is 0. The number of anilines is 1. The topological polar surface area (TPSA) is 81.5 Å². The zero-order chi connectivity index (χ0) is 18.2. The smallest absolute Gasteiger partial charge is 0.148 e. The average molecular weight is 352 g/mol. The molecule has 0 saturated carbocycles. The van der Waals surface area contributed by atoms with E-state index < -0.39 is 0 Å². The number of fused-ring (bicyclic) bond motifs is 2. The Balaban J connectivity index is 1.58. The van der Waals surface area contributed by atoms with Gasteiger partial charge in [0.05, 0.1) is 47.1 Å². The first-order valence-electron chi connectivity index (χ1n) is 8.84. The highest BCUT2D eigenvalue weighted by Gasteiger charge is 2.19. The van der Waals surface area contributed by atoms with Crippen molar-refractivity contribution in [2.24, 2.45) is 0 Å². The third kappa shape index (κ3) is 2.61. The summed E-state index contributed by atoms with van der Waals surface area (Å²) < 4.78 is 0. The Morgan fingerprint density at radius 2 is 1.96 bits per heavy atom. The van der Waals surface area contributed by atoms with Gasteiger partial charge in [-0.15, -0.1) is 0 Å². The number of nitrogens with one attached hydrogen (secondary N) is 1. The van der Waals surface area contributed by atoms with E-state index in [1.807, 2.05) is 6.07 Å². The lowest BCUT2D eigenvalue weighted by atomic mass is 10.00. The molecule has 6 heteroatoms. The number of hydrogen-bond acceptors (Lipinski definition) is 5. The maximum atomic E-state index is 9.56. The van der Waals surface area contributed by atoms with Gasteiger partial charge in [-0.2, -0.15) is 5.26 Å². The van der Waals surface area contributed by atoms with Crippen LogP contribution in [-0.2, 0) is 13.0 Å². The summed E-state index contributed by atoms with van der Waals surface area (Å²) in [6, 6.07) is 14.4. The Bertz CT molecular complexity index is 1190. The molecule has 3 heterocycles. The van der Waals surface area contributed by atoms with E-state index in [0.29, 0.717) is 11.3 Å². The van der Waals surface area contributed by atoms with E-state index >= 15 is 0 Å². The van der Waals surface area contributed by atoms with Gasteiger partial charge in [-0.25, -0.2) is 9.97 Å². The van der Waals surface area contributed by atoms with Crippen LogP contribution in [-0.4, -0.2) is 26.5 Å². The van der Waals surface area contributed by atoms with Gasteiger partial charge < -0.3 is 9.88 Å². The first-order chi connectivity index (χ1) is 13.3. The van der Waals surface area contributed by atoms with Gasteiger partial charge in [0.15, 0.2) is 0 Å². The minimum atomic E-state index is 0.546. The quantitative estimate of drug-likeness (QED) is 0.597. The summed E-state index contributed by atoms with van der Waals surface area (Å²) in [5, 5.41) is 9.56. The normalized spacial score (nSPS) is 13.4. The van der Waals surface area contributed by atoms with E-state index in [2.05, 4.69) is 50.2 Å². The van der Waals surface area contributed by atoms with Crippen molar-refractivity contribution in [3.63, 3.8) is 0 Å². The van der Waals surface area contributed by atoms with Crippen LogP contribution in [0.1, 0.15) is 16.7 Å². The highest BCUT2D eigenvalue weighted by molar-refractivity contribution is 5.94. The Hall–Kier alpha value is -3.72. The second-order valence-electron chi connectivity index (χ2n) is 6.60. The molecule has 5 rings (SSSR count). The van der Waals surface area contributed by atoms with Gasteiger partial charge in [0, 0.05) is 18.7 Å². The van der Waals surface area contributed by atoms with Gasteiger partial charge >= 0.3 is 0 Å². The van der Waals surface area contributed by atoms with Crippen molar-refractivity contribution >= 4 is 16.9 Å². The first-order valence-corrected chi connectivity index (χ1v) is 8.84. The third-order valence-electron chi connectivity index (χ3n) is 5.04. The Labute approximate surface area is 156 Å². The van der Waals surface area contributed by atoms with Crippen LogP contribution in [0.3, 0.4) is 0 Å². The number of H-pyrrole nitrogens is 1. The van der Waals surface area contributed by atoms with Gasteiger partial charge in [0.25, 0.3) is 0 Å². The van der Waals surface area contributed by atoms with Gasteiger partial charge in [-0.1, -0.05) is 24.3 Å². The molecule has 130 valence electrons. The van der Waals surface area contributed by atoms with Crippen molar-refractivity contribution < 1.29 is 0 Å². The van der Waals surface area contributed by atoms with Gasteiger partial charge in [-0.3, -0.25) is 4.98 Å². The molecule has 2 aromatic carbocycles. The summed E-state index contributed by atoms with van der Waals surface area (Å²) >= 11 is 0. The Kier molecular flexibility index (Phi) is 3.58. The number of imidazole rings is 1. The monoisotopic (exact) mass is 352 g/mol. The van der Waals surface area contributed by atoms with Crippen LogP contribution in [0.2, 0.25) is 0 Å². The SMILES string of the molecule is N#Cc1ccc2[nH]cnc2c1-c1cncc(N2CCc3ccccc3C2)n1. The number of nitriles is 1. The number of rotatable bonds is 2. The van der Waals surface area contributed by atoms with Crippen LogP contribution in [0.15, 0.2) is 55.1 Å². The summed E-state index contributed by atoms with van der Waals surface area (Å²) in [4.78, 5) is 19.0. The zero-order valence-corrected chi connectivity index (χ0v) is 14.6. The lowest BCUT2D eigenvalue weighted by Crippen LogP contribution is -2.31. The Morgan fingerprint density at radius 1 is 1.07 bits per heavy atom. The number of hydrogen-bond donors (Lipinski definition) is 1. The fourth-order valence-corrected chi connectivity index (χ4v) is 3.68. The van der Waals surface area contributed by atoms with Crippen LogP contribution >= 0.6 is 0 Å². The molecular weight excluding hydrogens is 336 g/mol. The molecule has 4 aromatic rings. The molecule has 0 saturated heterocycles. The van der Waals surface area contributed by atoms with E-state index in [-0.39, 0.29) is 0 Å². The predicted molar refractivity (Wildman–Crippen MR) is 103 cm³/mol. The van der Waals surface area contributed by atoms with Crippen molar-refractivity contribution in [3.8, 4) is 17.3 Å². The van der Waals surface area contributed by atoms with E-state index in [4.69, 9.17) is 4.98 Å². The predicted octanol–water partition coefficient (Wildman–Crippen LogP) is 3.45. The zero-order valence-electron chi connectivity index (χ0n) is 14.6. The van der Waals surface area contributed by atoms with E-state index in [0.717, 1.165) is 41.9 Å². The molecular formula is C21H16N6. The number of aromatic amines is 1. The second kappa shape index (κ2) is 6.22. The lowest BCUT2D eigenvalue weighted by molar-refractivity contribution is 0.719. The minimum Gasteiger partial charge on any atom is -0.351 e. The van der Waals surface area contributed by atoms with Crippen LogP contribution in [0.4, 0.5) is 5.82 Å². The summed E-state index contributed by atoms with van der Waals surface area (Å²) in [6.45, 7) is 1.71. The maximum absolute atomic E-state index is 9.56. The van der Waals surface area contributed by atoms with Gasteiger partial charge in [0.2, 0.25) is 0 Å². The van der Waals surface area contributed by atoms with Crippen molar-refractivity contribution in [2.45, 2.75) is 13.0 Å². The van der Waals surface area contributed by atoms with E-state index in [1.54, 1.807) is 24.8 Å². The second-order valence-corrected chi connectivity index (χ2v) is 6.60. The van der Waals surface area contributed by atoms with Gasteiger partial charge in [-0.05, 0) is 29.7 Å². The molecule has 0 amide bonds.